The highest BCUT2D eigenvalue weighted by Crippen LogP contribution is 2.19. The molecule has 1 rings (SSSR count). The fourth-order valence-corrected chi connectivity index (χ4v) is 8.20. The van der Waals surface area contributed by atoms with Crippen molar-refractivity contribution in [1.82, 2.24) is 0 Å². The van der Waals surface area contributed by atoms with Gasteiger partial charge in [-0.2, -0.15) is 0 Å². The second-order valence-electron chi connectivity index (χ2n) is 17.6. The van der Waals surface area contributed by atoms with Crippen LogP contribution in [0.1, 0.15) is 284 Å². The van der Waals surface area contributed by atoms with Crippen LogP contribution >= 0.6 is 0 Å². The van der Waals surface area contributed by atoms with Crippen LogP contribution in [0, 0.1) is 0 Å². The predicted molar refractivity (Wildman–Crippen MR) is 249 cm³/mol. The summed E-state index contributed by atoms with van der Waals surface area (Å²) in [6.45, 7) is 4.59. The lowest BCUT2D eigenvalue weighted by Gasteiger charge is -2.09. The van der Waals surface area contributed by atoms with Crippen molar-refractivity contribution in [3.63, 3.8) is 0 Å². The molecule has 2 amide bonds. The summed E-state index contributed by atoms with van der Waals surface area (Å²) in [6.07, 6.45) is 55.7. The van der Waals surface area contributed by atoms with Crippen molar-refractivity contribution in [2.45, 2.75) is 284 Å². The molecular formula is C52H96N2O2. The topological polar surface area (TPSA) is 58.2 Å². The summed E-state index contributed by atoms with van der Waals surface area (Å²) >= 11 is 0. The van der Waals surface area contributed by atoms with Crippen molar-refractivity contribution in [2.24, 2.45) is 0 Å². The van der Waals surface area contributed by atoms with Crippen LogP contribution in [0.15, 0.2) is 24.3 Å². The molecular weight excluding hydrogens is 685 g/mol. The molecule has 0 spiro atoms. The Bertz CT molecular complexity index is 904. The van der Waals surface area contributed by atoms with Crippen LogP contribution in [-0.4, -0.2) is 11.8 Å². The molecule has 1 aromatic rings. The minimum atomic E-state index is 0.0697. The summed E-state index contributed by atoms with van der Waals surface area (Å²) in [7, 11) is 0. The average Bonchev–Trinajstić information content (AvgIpc) is 3.19. The van der Waals surface area contributed by atoms with E-state index in [0.29, 0.717) is 12.8 Å². The van der Waals surface area contributed by atoms with E-state index >= 15 is 0 Å². The normalized spacial score (nSPS) is 11.3. The molecule has 0 heterocycles. The van der Waals surface area contributed by atoms with Gasteiger partial charge in [-0.25, -0.2) is 0 Å². The van der Waals surface area contributed by atoms with E-state index in [4.69, 9.17) is 0 Å². The summed E-state index contributed by atoms with van der Waals surface area (Å²) in [5.74, 6) is 0.139. The van der Waals surface area contributed by atoms with Gasteiger partial charge in [-0.15, -0.1) is 0 Å². The highest BCUT2D eigenvalue weighted by Gasteiger charge is 2.06. The molecule has 4 heteroatoms. The first-order chi connectivity index (χ1) is 27.7. The number of carbonyl (C=O) groups excluding carboxylic acids is 2. The zero-order valence-electron chi connectivity index (χ0n) is 37.8. The van der Waals surface area contributed by atoms with Crippen LogP contribution in [-0.2, 0) is 9.59 Å². The third-order valence-corrected chi connectivity index (χ3v) is 11.9. The maximum Gasteiger partial charge on any atom is 0.224 e. The monoisotopic (exact) mass is 781 g/mol. The molecule has 0 aliphatic rings. The first kappa shape index (κ1) is 52.2. The number of amides is 2. The highest BCUT2D eigenvalue weighted by atomic mass is 16.2. The molecule has 0 aliphatic carbocycles. The van der Waals surface area contributed by atoms with Crippen LogP contribution in [0.5, 0.6) is 0 Å². The number of unbranched alkanes of at least 4 members (excludes halogenated alkanes) is 38. The van der Waals surface area contributed by atoms with E-state index in [1.165, 1.54) is 231 Å². The maximum absolute atomic E-state index is 12.5. The van der Waals surface area contributed by atoms with E-state index in [0.717, 1.165) is 37.1 Å². The Labute approximate surface area is 350 Å². The van der Waals surface area contributed by atoms with Gasteiger partial charge in [0, 0.05) is 24.2 Å². The van der Waals surface area contributed by atoms with Crippen LogP contribution in [0.25, 0.3) is 0 Å². The number of nitrogens with one attached hydrogen (secondary N) is 2. The van der Waals surface area contributed by atoms with E-state index in [9.17, 15) is 9.59 Å². The van der Waals surface area contributed by atoms with Gasteiger partial charge >= 0.3 is 0 Å². The number of hydrogen-bond donors (Lipinski definition) is 2. The lowest BCUT2D eigenvalue weighted by Crippen LogP contribution is -2.13. The third-order valence-electron chi connectivity index (χ3n) is 11.9. The Morgan fingerprint density at radius 1 is 0.321 bits per heavy atom. The maximum atomic E-state index is 12.5. The molecule has 0 aromatic heterocycles. The number of benzene rings is 1. The summed E-state index contributed by atoms with van der Waals surface area (Å²) < 4.78 is 0. The average molecular weight is 781 g/mol. The van der Waals surface area contributed by atoms with Gasteiger partial charge in [0.1, 0.15) is 0 Å². The molecule has 326 valence electrons. The highest BCUT2D eigenvalue weighted by molar-refractivity contribution is 5.94. The second-order valence-corrected chi connectivity index (χ2v) is 17.6. The fourth-order valence-electron chi connectivity index (χ4n) is 8.20. The smallest absolute Gasteiger partial charge is 0.224 e. The molecule has 2 N–H and O–H groups in total. The Kier molecular flexibility index (Phi) is 39.8. The Morgan fingerprint density at radius 3 is 0.732 bits per heavy atom. The van der Waals surface area contributed by atoms with Crippen LogP contribution in [0.2, 0.25) is 0 Å². The number of anilines is 2. The van der Waals surface area contributed by atoms with Crippen LogP contribution < -0.4 is 10.6 Å². The van der Waals surface area contributed by atoms with E-state index in [1.54, 1.807) is 0 Å². The van der Waals surface area contributed by atoms with Gasteiger partial charge in [0.2, 0.25) is 11.8 Å². The van der Waals surface area contributed by atoms with Crippen LogP contribution in [0.4, 0.5) is 11.4 Å². The molecule has 0 aliphatic heterocycles. The third kappa shape index (κ3) is 37.7. The molecule has 56 heavy (non-hydrogen) atoms. The van der Waals surface area contributed by atoms with Crippen molar-refractivity contribution in [3.05, 3.63) is 24.3 Å². The summed E-state index contributed by atoms with van der Waals surface area (Å²) in [6, 6.07) is 7.60. The van der Waals surface area contributed by atoms with Gasteiger partial charge < -0.3 is 10.6 Å². The lowest BCUT2D eigenvalue weighted by molar-refractivity contribution is -0.117. The van der Waals surface area contributed by atoms with Crippen molar-refractivity contribution in [2.75, 3.05) is 10.6 Å². The lowest BCUT2D eigenvalue weighted by atomic mass is 10.0. The van der Waals surface area contributed by atoms with Gasteiger partial charge in [-0.05, 0) is 31.0 Å². The van der Waals surface area contributed by atoms with E-state index in [-0.39, 0.29) is 11.8 Å². The van der Waals surface area contributed by atoms with E-state index < -0.39 is 0 Å². The van der Waals surface area contributed by atoms with Crippen molar-refractivity contribution in [3.8, 4) is 0 Å². The number of carbonyl (C=O) groups is 2. The van der Waals surface area contributed by atoms with Crippen molar-refractivity contribution >= 4 is 23.2 Å². The number of hydrogen-bond acceptors (Lipinski definition) is 2. The first-order valence-corrected chi connectivity index (χ1v) is 25.4. The largest absolute Gasteiger partial charge is 0.326 e. The van der Waals surface area contributed by atoms with Crippen molar-refractivity contribution in [1.29, 1.82) is 0 Å². The summed E-state index contributed by atoms with van der Waals surface area (Å²) in [5, 5.41) is 6.07. The van der Waals surface area contributed by atoms with Gasteiger partial charge in [0.05, 0.1) is 0 Å². The molecule has 4 nitrogen and oxygen atoms in total. The fraction of sp³-hybridized carbons (Fsp3) is 0.846. The molecule has 0 saturated carbocycles. The minimum absolute atomic E-state index is 0.0697. The summed E-state index contributed by atoms with van der Waals surface area (Å²) in [5.41, 5.74) is 1.53. The zero-order valence-corrected chi connectivity index (χ0v) is 37.8. The molecule has 0 unspecified atom stereocenters. The zero-order chi connectivity index (χ0) is 40.3. The molecule has 0 radical (unpaired) electrons. The second kappa shape index (κ2) is 42.8. The van der Waals surface area contributed by atoms with Gasteiger partial charge in [-0.3, -0.25) is 9.59 Å². The van der Waals surface area contributed by atoms with Crippen LogP contribution in [0.3, 0.4) is 0 Å². The number of rotatable bonds is 44. The standard InChI is InChI=1S/C52H96N2O2/c1-3-5-7-9-11-13-15-17-19-21-23-25-27-29-31-33-35-37-39-41-46-51(55)53-49-44-43-45-50(48-49)54-52(56)47-42-40-38-36-34-32-30-28-26-24-22-20-18-16-14-12-10-8-6-4-2/h43-45,48H,3-42,46-47H2,1-2H3,(H,53,55)(H,54,56). The quantitative estimate of drug-likeness (QED) is 0.0648. The Hall–Kier alpha value is -1.84. The minimum Gasteiger partial charge on any atom is -0.326 e. The molecule has 0 fully saturated rings. The van der Waals surface area contributed by atoms with E-state index in [2.05, 4.69) is 24.5 Å². The molecule has 0 saturated heterocycles. The first-order valence-electron chi connectivity index (χ1n) is 25.4. The van der Waals surface area contributed by atoms with Gasteiger partial charge in [-0.1, -0.05) is 264 Å². The van der Waals surface area contributed by atoms with E-state index in [1.807, 2.05) is 24.3 Å². The molecule has 0 atom stereocenters. The molecule has 1 aromatic carbocycles. The Balaban J connectivity index is 1.89. The molecule has 0 bridgehead atoms. The predicted octanol–water partition coefficient (Wildman–Crippen LogP) is 18.0. The SMILES string of the molecule is CCCCCCCCCCCCCCCCCCCCCCC(=O)Nc1cccc(NC(=O)CCCCCCCCCCCCCCCCCCCCCC)c1. The van der Waals surface area contributed by atoms with Gasteiger partial charge in [0.25, 0.3) is 0 Å². The van der Waals surface area contributed by atoms with Crippen molar-refractivity contribution < 1.29 is 9.59 Å². The Morgan fingerprint density at radius 2 is 0.518 bits per heavy atom. The summed E-state index contributed by atoms with van der Waals surface area (Å²) in [4.78, 5) is 25.1. The van der Waals surface area contributed by atoms with Gasteiger partial charge in [0.15, 0.2) is 0 Å².